The highest BCUT2D eigenvalue weighted by atomic mass is 19.1. The van der Waals surface area contributed by atoms with Crippen LogP contribution in [0.15, 0.2) is 23.2 Å². The van der Waals surface area contributed by atoms with Crippen LogP contribution in [0.4, 0.5) is 4.39 Å². The van der Waals surface area contributed by atoms with Gasteiger partial charge < -0.3 is 15.1 Å². The standard InChI is InChI=1S/C15H21FN4O/c1-17-15(18-9-14(21)19(2)3)20-7-6-11-8-13(16)5-4-12(11)10-20/h4-5,8H,6-7,9-10H2,1-3H3,(H,17,18). The van der Waals surface area contributed by atoms with Crippen molar-refractivity contribution in [2.75, 3.05) is 34.2 Å². The zero-order chi connectivity index (χ0) is 15.4. The number of rotatable bonds is 2. The number of aliphatic imine (C=N–C) groups is 1. The topological polar surface area (TPSA) is 47.9 Å². The van der Waals surface area contributed by atoms with E-state index in [-0.39, 0.29) is 18.3 Å². The fourth-order valence-corrected chi connectivity index (χ4v) is 2.35. The third-order valence-electron chi connectivity index (χ3n) is 3.59. The van der Waals surface area contributed by atoms with Crippen LogP contribution in [0.5, 0.6) is 0 Å². The quantitative estimate of drug-likeness (QED) is 0.649. The summed E-state index contributed by atoms with van der Waals surface area (Å²) in [6, 6.07) is 4.89. The van der Waals surface area contributed by atoms with Gasteiger partial charge in [-0.2, -0.15) is 0 Å². The summed E-state index contributed by atoms with van der Waals surface area (Å²) < 4.78 is 13.2. The average Bonchev–Trinajstić information content (AvgIpc) is 2.47. The Kier molecular flexibility index (Phi) is 4.77. The number of hydrogen-bond donors (Lipinski definition) is 1. The number of carbonyl (C=O) groups excluding carboxylic acids is 1. The number of hydrogen-bond acceptors (Lipinski definition) is 2. The molecule has 0 radical (unpaired) electrons. The molecule has 1 amide bonds. The number of guanidine groups is 1. The third kappa shape index (κ3) is 3.71. The maximum Gasteiger partial charge on any atom is 0.241 e. The zero-order valence-electron chi connectivity index (χ0n) is 12.7. The largest absolute Gasteiger partial charge is 0.347 e. The van der Waals surface area contributed by atoms with Gasteiger partial charge in [0.05, 0.1) is 6.54 Å². The molecule has 114 valence electrons. The van der Waals surface area contributed by atoms with E-state index in [1.807, 2.05) is 6.07 Å². The second kappa shape index (κ2) is 6.56. The number of nitrogens with one attached hydrogen (secondary N) is 1. The molecule has 1 aliphatic rings. The summed E-state index contributed by atoms with van der Waals surface area (Å²) in [6.07, 6.45) is 0.773. The van der Waals surface area contributed by atoms with Gasteiger partial charge in [0.25, 0.3) is 0 Å². The fraction of sp³-hybridized carbons (Fsp3) is 0.467. The normalized spacial score (nSPS) is 14.7. The van der Waals surface area contributed by atoms with Gasteiger partial charge >= 0.3 is 0 Å². The minimum absolute atomic E-state index is 0.00405. The van der Waals surface area contributed by atoms with Crippen molar-refractivity contribution in [3.63, 3.8) is 0 Å². The molecule has 1 aliphatic heterocycles. The van der Waals surface area contributed by atoms with E-state index in [2.05, 4.69) is 15.2 Å². The van der Waals surface area contributed by atoms with Crippen LogP contribution in [-0.4, -0.2) is 55.9 Å². The lowest BCUT2D eigenvalue weighted by Gasteiger charge is -2.31. The summed E-state index contributed by atoms with van der Waals surface area (Å²) in [5.74, 6) is 0.497. The first kappa shape index (κ1) is 15.3. The fourth-order valence-electron chi connectivity index (χ4n) is 2.35. The van der Waals surface area contributed by atoms with Gasteiger partial charge in [-0.05, 0) is 29.7 Å². The van der Waals surface area contributed by atoms with Crippen LogP contribution in [-0.2, 0) is 17.8 Å². The van der Waals surface area contributed by atoms with E-state index in [9.17, 15) is 9.18 Å². The van der Waals surface area contributed by atoms with Gasteiger partial charge in [0.15, 0.2) is 5.96 Å². The van der Waals surface area contributed by atoms with E-state index < -0.39 is 0 Å². The lowest BCUT2D eigenvalue weighted by molar-refractivity contribution is -0.127. The van der Waals surface area contributed by atoms with Gasteiger partial charge in [-0.25, -0.2) is 4.39 Å². The monoisotopic (exact) mass is 292 g/mol. The number of amides is 1. The Bertz CT molecular complexity index is 557. The zero-order valence-corrected chi connectivity index (χ0v) is 12.7. The molecule has 0 aromatic heterocycles. The Labute approximate surface area is 124 Å². The molecule has 2 rings (SSSR count). The van der Waals surface area contributed by atoms with Gasteiger partial charge in [0, 0.05) is 34.2 Å². The van der Waals surface area contributed by atoms with Crippen molar-refractivity contribution in [2.45, 2.75) is 13.0 Å². The maximum absolute atomic E-state index is 13.2. The Morgan fingerprint density at radius 2 is 2.19 bits per heavy atom. The maximum atomic E-state index is 13.2. The molecule has 1 aromatic carbocycles. The van der Waals surface area contributed by atoms with E-state index in [4.69, 9.17) is 0 Å². The molecule has 0 unspecified atom stereocenters. The number of halogens is 1. The minimum atomic E-state index is -0.193. The Morgan fingerprint density at radius 3 is 2.86 bits per heavy atom. The van der Waals surface area contributed by atoms with E-state index in [1.54, 1.807) is 27.2 Å². The summed E-state index contributed by atoms with van der Waals surface area (Å²) in [4.78, 5) is 19.5. The summed E-state index contributed by atoms with van der Waals surface area (Å²) >= 11 is 0. The number of likely N-dealkylation sites (N-methyl/N-ethyl adjacent to an activating group) is 1. The first-order chi connectivity index (χ1) is 10.0. The highest BCUT2D eigenvalue weighted by Gasteiger charge is 2.20. The van der Waals surface area contributed by atoms with Crippen molar-refractivity contribution >= 4 is 11.9 Å². The van der Waals surface area contributed by atoms with Gasteiger partial charge in [-0.3, -0.25) is 9.79 Å². The second-order valence-corrected chi connectivity index (χ2v) is 5.27. The highest BCUT2D eigenvalue weighted by molar-refractivity contribution is 5.86. The molecule has 6 heteroatoms. The first-order valence-corrected chi connectivity index (χ1v) is 6.94. The average molecular weight is 292 g/mol. The van der Waals surface area contributed by atoms with E-state index in [1.165, 1.54) is 11.0 Å². The lowest BCUT2D eigenvalue weighted by Crippen LogP contribution is -2.47. The number of fused-ring (bicyclic) bond motifs is 1. The van der Waals surface area contributed by atoms with Gasteiger partial charge in [0.2, 0.25) is 5.91 Å². The summed E-state index contributed by atoms with van der Waals surface area (Å²) in [7, 11) is 5.14. The van der Waals surface area contributed by atoms with Crippen molar-refractivity contribution in [2.24, 2.45) is 4.99 Å². The van der Waals surface area contributed by atoms with Gasteiger partial charge in [0.1, 0.15) is 5.82 Å². The van der Waals surface area contributed by atoms with Crippen LogP contribution in [0.3, 0.4) is 0 Å². The lowest BCUT2D eigenvalue weighted by atomic mass is 10.00. The third-order valence-corrected chi connectivity index (χ3v) is 3.59. The number of carbonyl (C=O) groups is 1. The van der Waals surface area contributed by atoms with Crippen molar-refractivity contribution in [3.8, 4) is 0 Å². The first-order valence-electron chi connectivity index (χ1n) is 6.94. The Hall–Kier alpha value is -2.11. The molecule has 1 aromatic rings. The van der Waals surface area contributed by atoms with E-state index in [0.717, 1.165) is 24.1 Å². The predicted molar refractivity (Wildman–Crippen MR) is 80.6 cm³/mol. The molecule has 0 aliphatic carbocycles. The molecule has 0 saturated heterocycles. The molecule has 0 bridgehead atoms. The molecule has 5 nitrogen and oxygen atoms in total. The number of benzene rings is 1. The summed E-state index contributed by atoms with van der Waals surface area (Å²) in [5.41, 5.74) is 2.15. The van der Waals surface area contributed by atoms with Gasteiger partial charge in [-0.15, -0.1) is 0 Å². The molecule has 0 saturated carbocycles. The second-order valence-electron chi connectivity index (χ2n) is 5.27. The van der Waals surface area contributed by atoms with Crippen LogP contribution < -0.4 is 5.32 Å². The van der Waals surface area contributed by atoms with Crippen molar-refractivity contribution in [1.82, 2.24) is 15.1 Å². The Morgan fingerprint density at radius 1 is 1.43 bits per heavy atom. The molecule has 0 spiro atoms. The minimum Gasteiger partial charge on any atom is -0.347 e. The molecule has 1 heterocycles. The van der Waals surface area contributed by atoms with Crippen LogP contribution in [0.1, 0.15) is 11.1 Å². The molecular weight excluding hydrogens is 271 g/mol. The van der Waals surface area contributed by atoms with E-state index >= 15 is 0 Å². The van der Waals surface area contributed by atoms with Crippen molar-refractivity contribution in [1.29, 1.82) is 0 Å². The van der Waals surface area contributed by atoms with Crippen LogP contribution in [0.25, 0.3) is 0 Å². The highest BCUT2D eigenvalue weighted by Crippen LogP contribution is 2.19. The van der Waals surface area contributed by atoms with Crippen LogP contribution >= 0.6 is 0 Å². The molecule has 0 fully saturated rings. The van der Waals surface area contributed by atoms with Crippen molar-refractivity contribution < 1.29 is 9.18 Å². The number of nitrogens with zero attached hydrogens (tertiary/aromatic N) is 3. The smallest absolute Gasteiger partial charge is 0.241 e. The van der Waals surface area contributed by atoms with Crippen molar-refractivity contribution in [3.05, 3.63) is 35.1 Å². The molecule has 0 atom stereocenters. The Balaban J connectivity index is 2.01. The van der Waals surface area contributed by atoms with Crippen LogP contribution in [0.2, 0.25) is 0 Å². The van der Waals surface area contributed by atoms with E-state index in [0.29, 0.717) is 12.5 Å². The summed E-state index contributed by atoms with van der Waals surface area (Å²) in [6.45, 7) is 1.64. The SMILES string of the molecule is CN=C(NCC(=O)N(C)C)N1CCc2cc(F)ccc2C1. The predicted octanol–water partition coefficient (Wildman–Crippen LogP) is 0.847. The molecular formula is C15H21FN4O. The molecule has 1 N–H and O–H groups in total. The summed E-state index contributed by atoms with van der Waals surface area (Å²) in [5, 5.41) is 3.07. The van der Waals surface area contributed by atoms with Gasteiger partial charge in [-0.1, -0.05) is 6.07 Å². The van der Waals surface area contributed by atoms with Crippen LogP contribution in [0, 0.1) is 5.82 Å². The molecule has 21 heavy (non-hydrogen) atoms.